The number of halogens is 1. The molecule has 0 bridgehead atoms. The summed E-state index contributed by atoms with van der Waals surface area (Å²) in [5.74, 6) is 0. The van der Waals surface area contributed by atoms with Crippen molar-refractivity contribution in [3.8, 4) is 0 Å². The van der Waals surface area contributed by atoms with Crippen molar-refractivity contribution in [2.24, 2.45) is 0 Å². The van der Waals surface area contributed by atoms with E-state index in [0.717, 1.165) is 0 Å². The third-order valence-electron chi connectivity index (χ3n) is 0.649. The zero-order valence-electron chi connectivity index (χ0n) is 4.02. The summed E-state index contributed by atoms with van der Waals surface area (Å²) in [6.07, 6.45) is 0.700. The molecule has 1 nitrogen and oxygen atoms in total. The molecule has 0 saturated heterocycles. The standard InChI is InChI=1S/C4H7ClOS/c1-2-3(7)4(5)6/h3,7H,2H2,1H3. The van der Waals surface area contributed by atoms with Crippen LogP contribution in [0.1, 0.15) is 13.3 Å². The molecule has 0 N–H and O–H groups in total. The second kappa shape index (κ2) is 3.33. The predicted molar refractivity (Wildman–Crippen MR) is 33.9 cm³/mol. The summed E-state index contributed by atoms with van der Waals surface area (Å²) >= 11 is 8.86. The Labute approximate surface area is 53.5 Å². The minimum atomic E-state index is -0.370. The lowest BCUT2D eigenvalue weighted by atomic mass is 10.4. The Kier molecular flexibility index (Phi) is 3.48. The molecule has 0 fully saturated rings. The van der Waals surface area contributed by atoms with Crippen LogP contribution < -0.4 is 0 Å². The van der Waals surface area contributed by atoms with Crippen LogP contribution in [-0.2, 0) is 4.79 Å². The maximum atomic E-state index is 10.1. The Morgan fingerprint density at radius 2 is 2.43 bits per heavy atom. The zero-order chi connectivity index (χ0) is 5.86. The molecule has 42 valence electrons. The molecule has 0 heterocycles. The van der Waals surface area contributed by atoms with Gasteiger partial charge in [-0.1, -0.05) is 6.92 Å². The Morgan fingerprint density at radius 3 is 2.43 bits per heavy atom. The van der Waals surface area contributed by atoms with Crippen molar-refractivity contribution in [2.75, 3.05) is 0 Å². The average Bonchev–Trinajstić information content (AvgIpc) is 1.65. The topological polar surface area (TPSA) is 17.1 Å². The minimum absolute atomic E-state index is 0.276. The van der Waals surface area contributed by atoms with Crippen LogP contribution in [0.25, 0.3) is 0 Å². The van der Waals surface area contributed by atoms with Gasteiger partial charge in [0.1, 0.15) is 0 Å². The van der Waals surface area contributed by atoms with Crippen LogP contribution in [0.2, 0.25) is 0 Å². The van der Waals surface area contributed by atoms with Crippen molar-refractivity contribution in [1.29, 1.82) is 0 Å². The van der Waals surface area contributed by atoms with Crippen molar-refractivity contribution in [1.82, 2.24) is 0 Å². The van der Waals surface area contributed by atoms with Gasteiger partial charge in [0, 0.05) is 0 Å². The van der Waals surface area contributed by atoms with Gasteiger partial charge >= 0.3 is 0 Å². The third-order valence-corrected chi connectivity index (χ3v) is 1.66. The summed E-state index contributed by atoms with van der Waals surface area (Å²) in [4.78, 5) is 10.1. The van der Waals surface area contributed by atoms with Crippen LogP contribution in [0.5, 0.6) is 0 Å². The first kappa shape index (κ1) is 7.31. The summed E-state index contributed by atoms with van der Waals surface area (Å²) in [7, 11) is 0. The molecule has 0 aliphatic heterocycles. The maximum absolute atomic E-state index is 10.1. The van der Waals surface area contributed by atoms with Gasteiger partial charge in [-0.3, -0.25) is 4.79 Å². The number of rotatable bonds is 2. The molecule has 0 amide bonds. The van der Waals surface area contributed by atoms with E-state index in [-0.39, 0.29) is 10.5 Å². The van der Waals surface area contributed by atoms with Crippen molar-refractivity contribution in [3.63, 3.8) is 0 Å². The van der Waals surface area contributed by atoms with Gasteiger partial charge in [-0.05, 0) is 18.0 Å². The summed E-state index contributed by atoms with van der Waals surface area (Å²) in [6, 6.07) is 0. The molecule has 0 aromatic carbocycles. The lowest BCUT2D eigenvalue weighted by Crippen LogP contribution is -2.04. The molecule has 0 aliphatic rings. The molecular weight excluding hydrogens is 132 g/mol. The van der Waals surface area contributed by atoms with Gasteiger partial charge in [0.05, 0.1) is 5.25 Å². The highest BCUT2D eigenvalue weighted by atomic mass is 35.5. The Balaban J connectivity index is 3.34. The molecular formula is C4H7ClOS. The van der Waals surface area contributed by atoms with Crippen LogP contribution in [0.4, 0.5) is 0 Å². The van der Waals surface area contributed by atoms with Crippen LogP contribution in [0, 0.1) is 0 Å². The van der Waals surface area contributed by atoms with Crippen LogP contribution in [-0.4, -0.2) is 10.5 Å². The number of carbonyl (C=O) groups excluding carboxylic acids is 1. The highest BCUT2D eigenvalue weighted by Gasteiger charge is 2.05. The van der Waals surface area contributed by atoms with E-state index >= 15 is 0 Å². The molecule has 0 spiro atoms. The number of hydrogen-bond acceptors (Lipinski definition) is 2. The second-order valence-corrected chi connectivity index (χ2v) is 2.22. The van der Waals surface area contributed by atoms with Crippen LogP contribution >= 0.6 is 24.2 Å². The van der Waals surface area contributed by atoms with Gasteiger partial charge in [0.2, 0.25) is 5.24 Å². The average molecular weight is 139 g/mol. The van der Waals surface area contributed by atoms with E-state index in [0.29, 0.717) is 6.42 Å². The van der Waals surface area contributed by atoms with Gasteiger partial charge in [-0.2, -0.15) is 12.6 Å². The first-order valence-corrected chi connectivity index (χ1v) is 2.95. The fourth-order valence-corrected chi connectivity index (χ4v) is 0.315. The largest absolute Gasteiger partial charge is 0.280 e. The Morgan fingerprint density at radius 1 is 2.00 bits per heavy atom. The quantitative estimate of drug-likeness (QED) is 0.452. The van der Waals surface area contributed by atoms with E-state index in [1.54, 1.807) is 0 Å². The molecule has 0 radical (unpaired) electrons. The number of hydrogen-bond donors (Lipinski definition) is 1. The monoisotopic (exact) mass is 138 g/mol. The van der Waals surface area contributed by atoms with E-state index in [2.05, 4.69) is 12.6 Å². The zero-order valence-corrected chi connectivity index (χ0v) is 5.67. The molecule has 0 rings (SSSR count). The highest BCUT2D eigenvalue weighted by molar-refractivity contribution is 7.82. The van der Waals surface area contributed by atoms with Crippen molar-refractivity contribution >= 4 is 29.5 Å². The molecule has 0 aromatic rings. The van der Waals surface area contributed by atoms with Gasteiger partial charge in [-0.25, -0.2) is 0 Å². The van der Waals surface area contributed by atoms with Crippen LogP contribution in [0.15, 0.2) is 0 Å². The first-order valence-electron chi connectivity index (χ1n) is 2.06. The molecule has 7 heavy (non-hydrogen) atoms. The van der Waals surface area contributed by atoms with Crippen molar-refractivity contribution < 1.29 is 4.79 Å². The summed E-state index contributed by atoms with van der Waals surface area (Å²) in [6.45, 7) is 1.86. The van der Waals surface area contributed by atoms with Gasteiger partial charge in [0.25, 0.3) is 0 Å². The van der Waals surface area contributed by atoms with E-state index < -0.39 is 0 Å². The molecule has 0 aliphatic carbocycles. The molecule has 0 saturated carbocycles. The summed E-state index contributed by atoms with van der Waals surface area (Å²) in [5, 5.41) is -0.646. The smallest absolute Gasteiger partial charge is 0.234 e. The molecule has 3 heteroatoms. The van der Waals surface area contributed by atoms with Gasteiger partial charge in [0.15, 0.2) is 0 Å². The van der Waals surface area contributed by atoms with Crippen molar-refractivity contribution in [3.05, 3.63) is 0 Å². The van der Waals surface area contributed by atoms with Crippen LogP contribution in [0.3, 0.4) is 0 Å². The molecule has 1 atom stereocenters. The minimum Gasteiger partial charge on any atom is -0.280 e. The second-order valence-electron chi connectivity index (χ2n) is 1.23. The van der Waals surface area contributed by atoms with E-state index in [1.807, 2.05) is 6.92 Å². The maximum Gasteiger partial charge on any atom is 0.234 e. The Bertz CT molecular complexity index is 74.1. The van der Waals surface area contributed by atoms with Gasteiger partial charge in [-0.15, -0.1) is 0 Å². The molecule has 1 unspecified atom stereocenters. The summed E-state index contributed by atoms with van der Waals surface area (Å²) < 4.78 is 0. The van der Waals surface area contributed by atoms with E-state index in [9.17, 15) is 4.79 Å². The van der Waals surface area contributed by atoms with E-state index in [1.165, 1.54) is 0 Å². The van der Waals surface area contributed by atoms with E-state index in [4.69, 9.17) is 11.6 Å². The molecule has 0 aromatic heterocycles. The third kappa shape index (κ3) is 2.94. The SMILES string of the molecule is CCC(S)C(=O)Cl. The lowest BCUT2D eigenvalue weighted by molar-refractivity contribution is -0.111. The summed E-state index contributed by atoms with van der Waals surface area (Å²) in [5.41, 5.74) is 0. The fourth-order valence-electron chi connectivity index (χ4n) is 0.160. The predicted octanol–water partition coefficient (Wildman–Crippen LogP) is 1.46. The highest BCUT2D eigenvalue weighted by Crippen LogP contribution is 2.03. The lowest BCUT2D eigenvalue weighted by Gasteiger charge is -1.95. The van der Waals surface area contributed by atoms with Gasteiger partial charge < -0.3 is 0 Å². The fraction of sp³-hybridized carbons (Fsp3) is 0.750. The normalized spacial score (nSPS) is 13.6. The number of thiol groups is 1. The Hall–Kier alpha value is 0.310. The first-order chi connectivity index (χ1) is 3.18. The number of carbonyl (C=O) groups is 1. The van der Waals surface area contributed by atoms with Crippen molar-refractivity contribution in [2.45, 2.75) is 18.6 Å².